The average Bonchev–Trinajstić information content (AvgIpc) is 2.44. The SMILES string of the molecule is CO[Si](OC)OC(C)CCCCCc1cccc(F)c1. The van der Waals surface area contributed by atoms with E-state index in [4.69, 9.17) is 13.3 Å². The van der Waals surface area contributed by atoms with Crippen molar-refractivity contribution in [3.8, 4) is 0 Å². The third-order valence-electron chi connectivity index (χ3n) is 3.10. The van der Waals surface area contributed by atoms with Crippen LogP contribution in [0.25, 0.3) is 0 Å². The fourth-order valence-electron chi connectivity index (χ4n) is 2.03. The molecule has 113 valence electrons. The van der Waals surface area contributed by atoms with Crippen LogP contribution in [0, 0.1) is 5.82 Å². The molecule has 1 radical (unpaired) electrons. The summed E-state index contributed by atoms with van der Waals surface area (Å²) in [6.45, 7) is 2.04. The van der Waals surface area contributed by atoms with Gasteiger partial charge in [0, 0.05) is 20.3 Å². The molecule has 0 bridgehead atoms. The van der Waals surface area contributed by atoms with Crippen LogP contribution in [0.1, 0.15) is 38.2 Å². The van der Waals surface area contributed by atoms with E-state index in [-0.39, 0.29) is 11.9 Å². The maximum absolute atomic E-state index is 13.0. The van der Waals surface area contributed by atoms with Crippen LogP contribution < -0.4 is 0 Å². The predicted octanol–water partition coefficient (Wildman–Crippen LogP) is 3.61. The Labute approximate surface area is 123 Å². The third-order valence-corrected chi connectivity index (χ3v) is 4.36. The molecule has 0 aliphatic carbocycles. The first-order valence-corrected chi connectivity index (χ1v) is 8.24. The number of hydrogen-bond acceptors (Lipinski definition) is 3. The molecule has 0 saturated heterocycles. The topological polar surface area (TPSA) is 27.7 Å². The monoisotopic (exact) mass is 299 g/mol. The van der Waals surface area contributed by atoms with E-state index in [1.807, 2.05) is 13.0 Å². The summed E-state index contributed by atoms with van der Waals surface area (Å²) in [5.74, 6) is -0.154. The number of aryl methyl sites for hydroxylation is 1. The Morgan fingerprint density at radius 3 is 2.55 bits per heavy atom. The van der Waals surface area contributed by atoms with E-state index in [0.717, 1.165) is 37.7 Å². The Kier molecular flexibility index (Phi) is 8.69. The van der Waals surface area contributed by atoms with Crippen LogP contribution in [0.2, 0.25) is 0 Å². The number of benzene rings is 1. The van der Waals surface area contributed by atoms with Crippen molar-refractivity contribution in [3.05, 3.63) is 35.6 Å². The molecule has 1 rings (SSSR count). The first-order chi connectivity index (χ1) is 9.65. The van der Waals surface area contributed by atoms with E-state index >= 15 is 0 Å². The zero-order chi connectivity index (χ0) is 14.8. The van der Waals surface area contributed by atoms with Gasteiger partial charge in [-0.25, -0.2) is 4.39 Å². The highest BCUT2D eigenvalue weighted by atomic mass is 28.3. The lowest BCUT2D eigenvalue weighted by Crippen LogP contribution is -2.28. The van der Waals surface area contributed by atoms with Gasteiger partial charge in [-0.2, -0.15) is 0 Å². The normalized spacial score (nSPS) is 12.8. The van der Waals surface area contributed by atoms with Crippen molar-refractivity contribution in [1.29, 1.82) is 0 Å². The maximum Gasteiger partial charge on any atom is 0.577 e. The van der Waals surface area contributed by atoms with Crippen molar-refractivity contribution in [1.82, 2.24) is 0 Å². The molecular weight excluding hydrogens is 275 g/mol. The largest absolute Gasteiger partial charge is 0.577 e. The van der Waals surface area contributed by atoms with E-state index in [1.54, 1.807) is 26.4 Å². The van der Waals surface area contributed by atoms with Crippen LogP contribution in [0.15, 0.2) is 24.3 Å². The Morgan fingerprint density at radius 2 is 1.90 bits per heavy atom. The molecule has 0 aliphatic heterocycles. The minimum atomic E-state index is -1.55. The van der Waals surface area contributed by atoms with Gasteiger partial charge in [0.25, 0.3) is 0 Å². The van der Waals surface area contributed by atoms with Crippen LogP contribution in [0.4, 0.5) is 4.39 Å². The number of halogens is 1. The summed E-state index contributed by atoms with van der Waals surface area (Å²) < 4.78 is 28.8. The summed E-state index contributed by atoms with van der Waals surface area (Å²) in [6, 6.07) is 6.82. The Balaban J connectivity index is 2.10. The molecule has 20 heavy (non-hydrogen) atoms. The molecule has 5 heteroatoms. The van der Waals surface area contributed by atoms with Gasteiger partial charge in [-0.1, -0.05) is 25.0 Å². The summed E-state index contributed by atoms with van der Waals surface area (Å²) in [6.07, 6.45) is 5.36. The Hall–Kier alpha value is -0.753. The van der Waals surface area contributed by atoms with Crippen LogP contribution in [-0.2, 0) is 19.7 Å². The minimum absolute atomic E-state index is 0.151. The zero-order valence-electron chi connectivity index (χ0n) is 12.5. The summed E-state index contributed by atoms with van der Waals surface area (Å²) >= 11 is 0. The molecule has 0 amide bonds. The molecule has 0 fully saturated rings. The second-order valence-electron chi connectivity index (χ2n) is 4.82. The van der Waals surface area contributed by atoms with Gasteiger partial charge in [0.15, 0.2) is 0 Å². The van der Waals surface area contributed by atoms with E-state index in [1.165, 1.54) is 6.07 Å². The fraction of sp³-hybridized carbons (Fsp3) is 0.600. The van der Waals surface area contributed by atoms with Crippen molar-refractivity contribution in [2.45, 2.75) is 45.1 Å². The quantitative estimate of drug-likeness (QED) is 0.488. The summed E-state index contributed by atoms with van der Waals surface area (Å²) in [7, 11) is 1.65. The van der Waals surface area contributed by atoms with Crippen molar-refractivity contribution in [3.63, 3.8) is 0 Å². The summed E-state index contributed by atoms with van der Waals surface area (Å²) in [4.78, 5) is 0. The van der Waals surface area contributed by atoms with Gasteiger partial charge in [0.2, 0.25) is 0 Å². The van der Waals surface area contributed by atoms with Gasteiger partial charge in [0.05, 0.1) is 0 Å². The highest BCUT2D eigenvalue weighted by molar-refractivity contribution is 6.36. The Bertz CT molecular complexity index is 372. The smallest absolute Gasteiger partial charge is 0.375 e. The van der Waals surface area contributed by atoms with Crippen molar-refractivity contribution >= 4 is 9.53 Å². The first-order valence-electron chi connectivity index (χ1n) is 7.01. The second kappa shape index (κ2) is 10.0. The van der Waals surface area contributed by atoms with E-state index < -0.39 is 9.53 Å². The molecule has 0 spiro atoms. The molecule has 0 aliphatic rings. The van der Waals surface area contributed by atoms with Crippen LogP contribution >= 0.6 is 0 Å². The summed E-state index contributed by atoms with van der Waals surface area (Å²) in [5.41, 5.74) is 1.07. The van der Waals surface area contributed by atoms with Crippen LogP contribution in [0.3, 0.4) is 0 Å². The van der Waals surface area contributed by atoms with Crippen LogP contribution in [0.5, 0.6) is 0 Å². The maximum atomic E-state index is 13.0. The van der Waals surface area contributed by atoms with Crippen molar-refractivity contribution in [2.24, 2.45) is 0 Å². The van der Waals surface area contributed by atoms with Gasteiger partial charge in [-0.3, -0.25) is 0 Å². The molecule has 1 atom stereocenters. The minimum Gasteiger partial charge on any atom is -0.375 e. The van der Waals surface area contributed by atoms with E-state index in [9.17, 15) is 4.39 Å². The molecule has 1 unspecified atom stereocenters. The van der Waals surface area contributed by atoms with E-state index in [0.29, 0.717) is 0 Å². The number of hydrogen-bond donors (Lipinski definition) is 0. The lowest BCUT2D eigenvalue weighted by molar-refractivity contribution is 0.0893. The molecule has 0 N–H and O–H groups in total. The lowest BCUT2D eigenvalue weighted by Gasteiger charge is -2.16. The Morgan fingerprint density at radius 1 is 1.15 bits per heavy atom. The molecule has 0 aromatic heterocycles. The second-order valence-corrected chi connectivity index (χ2v) is 6.37. The number of rotatable bonds is 10. The van der Waals surface area contributed by atoms with Crippen molar-refractivity contribution in [2.75, 3.05) is 14.2 Å². The van der Waals surface area contributed by atoms with Crippen LogP contribution in [-0.4, -0.2) is 29.9 Å². The van der Waals surface area contributed by atoms with Gasteiger partial charge < -0.3 is 13.3 Å². The molecule has 1 aromatic carbocycles. The highest BCUT2D eigenvalue weighted by Gasteiger charge is 2.18. The zero-order valence-corrected chi connectivity index (χ0v) is 13.5. The average molecular weight is 299 g/mol. The first kappa shape index (κ1) is 17.3. The van der Waals surface area contributed by atoms with Gasteiger partial charge >= 0.3 is 9.53 Å². The standard InChI is InChI=1S/C15H24FO3Si/c1-13(19-20(17-2)18-3)8-5-4-6-9-14-10-7-11-15(16)12-14/h7,10-13H,4-6,8-9H2,1-3H3. The molecule has 0 heterocycles. The third kappa shape index (κ3) is 7.14. The molecule has 0 saturated carbocycles. The fourth-order valence-corrected chi connectivity index (χ4v) is 2.84. The lowest BCUT2D eigenvalue weighted by atomic mass is 10.1. The van der Waals surface area contributed by atoms with Gasteiger partial charge in [0.1, 0.15) is 5.82 Å². The van der Waals surface area contributed by atoms with Gasteiger partial charge in [-0.15, -0.1) is 0 Å². The van der Waals surface area contributed by atoms with E-state index in [2.05, 4.69) is 0 Å². The summed E-state index contributed by atoms with van der Waals surface area (Å²) in [5, 5.41) is 0. The van der Waals surface area contributed by atoms with Gasteiger partial charge in [-0.05, 0) is 43.9 Å². The molecule has 1 aromatic rings. The highest BCUT2D eigenvalue weighted by Crippen LogP contribution is 2.12. The number of unbranched alkanes of at least 4 members (excludes halogenated alkanes) is 2. The predicted molar refractivity (Wildman–Crippen MR) is 78.9 cm³/mol. The molecule has 3 nitrogen and oxygen atoms in total. The van der Waals surface area contributed by atoms with Crippen molar-refractivity contribution < 1.29 is 17.7 Å². The molecular formula is C15H24FO3Si.